The summed E-state index contributed by atoms with van der Waals surface area (Å²) in [6.45, 7) is 0.0652. The van der Waals surface area contributed by atoms with Gasteiger partial charge in [0.1, 0.15) is 17.9 Å². The zero-order chi connectivity index (χ0) is 20.1. The van der Waals surface area contributed by atoms with Gasteiger partial charge in [0.15, 0.2) is 0 Å². The van der Waals surface area contributed by atoms with Crippen LogP contribution < -0.4 is 15.7 Å². The van der Waals surface area contributed by atoms with Gasteiger partial charge in [-0.05, 0) is 35.9 Å². The van der Waals surface area contributed by atoms with Crippen LogP contribution in [0.5, 0.6) is 0 Å². The number of halogens is 1. The molecule has 3 aromatic rings. The third kappa shape index (κ3) is 4.36. The van der Waals surface area contributed by atoms with Crippen molar-refractivity contribution >= 4 is 28.9 Å². The molecule has 0 aliphatic carbocycles. The maximum atomic E-state index is 12.5. The summed E-state index contributed by atoms with van der Waals surface area (Å²) in [6, 6.07) is 15.4. The van der Waals surface area contributed by atoms with Gasteiger partial charge < -0.3 is 10.2 Å². The van der Waals surface area contributed by atoms with Crippen molar-refractivity contribution in [1.82, 2.24) is 4.73 Å². The summed E-state index contributed by atoms with van der Waals surface area (Å²) in [6.07, 6.45) is 1.37. The van der Waals surface area contributed by atoms with E-state index in [4.69, 9.17) is 16.4 Å². The SMILES string of the molecule is O=C(Nc1ccccc1[N+](=O)[O-])c1cccn(OCc2cccc(Cl)c2)c1=O. The molecule has 0 unspecified atom stereocenters. The van der Waals surface area contributed by atoms with E-state index in [0.717, 1.165) is 10.3 Å². The lowest BCUT2D eigenvalue weighted by Gasteiger charge is -2.10. The molecule has 3 rings (SSSR count). The Morgan fingerprint density at radius 3 is 2.68 bits per heavy atom. The molecule has 142 valence electrons. The summed E-state index contributed by atoms with van der Waals surface area (Å²) in [7, 11) is 0. The number of nitrogens with zero attached hydrogens (tertiary/aromatic N) is 2. The van der Waals surface area contributed by atoms with Crippen molar-refractivity contribution in [3.63, 3.8) is 0 Å². The average molecular weight is 400 g/mol. The topological polar surface area (TPSA) is 103 Å². The van der Waals surface area contributed by atoms with Gasteiger partial charge in [0.2, 0.25) is 0 Å². The number of para-hydroxylation sites is 2. The molecule has 0 radical (unpaired) electrons. The number of hydrogen-bond donors (Lipinski definition) is 1. The molecule has 0 aliphatic heterocycles. The summed E-state index contributed by atoms with van der Waals surface area (Å²) in [5.41, 5.74) is -0.446. The van der Waals surface area contributed by atoms with Crippen molar-refractivity contribution in [3.05, 3.63) is 103 Å². The number of carbonyl (C=O) groups is 1. The molecule has 0 fully saturated rings. The molecule has 1 amide bonds. The highest BCUT2D eigenvalue weighted by molar-refractivity contribution is 6.30. The maximum absolute atomic E-state index is 12.5. The minimum atomic E-state index is -0.778. The van der Waals surface area contributed by atoms with Gasteiger partial charge in [-0.2, -0.15) is 4.73 Å². The summed E-state index contributed by atoms with van der Waals surface area (Å²) in [5.74, 6) is -0.778. The van der Waals surface area contributed by atoms with E-state index in [0.29, 0.717) is 5.02 Å². The minimum Gasteiger partial charge on any atom is -0.406 e. The number of amides is 1. The van der Waals surface area contributed by atoms with Crippen LogP contribution in [0, 0.1) is 10.1 Å². The number of hydrogen-bond acceptors (Lipinski definition) is 5. The Hall–Kier alpha value is -3.65. The van der Waals surface area contributed by atoms with Gasteiger partial charge in [0.25, 0.3) is 17.2 Å². The number of nitrogens with one attached hydrogen (secondary N) is 1. The van der Waals surface area contributed by atoms with Crippen LogP contribution >= 0.6 is 11.6 Å². The van der Waals surface area contributed by atoms with E-state index >= 15 is 0 Å². The van der Waals surface area contributed by atoms with Crippen LogP contribution in [0.25, 0.3) is 0 Å². The van der Waals surface area contributed by atoms with E-state index in [-0.39, 0.29) is 23.5 Å². The van der Waals surface area contributed by atoms with E-state index in [9.17, 15) is 19.7 Å². The summed E-state index contributed by atoms with van der Waals surface area (Å²) in [5, 5.41) is 14.0. The summed E-state index contributed by atoms with van der Waals surface area (Å²) < 4.78 is 0.926. The van der Waals surface area contributed by atoms with E-state index in [1.807, 2.05) is 0 Å². The Bertz CT molecular complexity index is 1100. The summed E-state index contributed by atoms with van der Waals surface area (Å²) in [4.78, 5) is 40.9. The fourth-order valence-corrected chi connectivity index (χ4v) is 2.66. The molecule has 0 spiro atoms. The number of pyridine rings is 1. The second kappa shape index (κ2) is 8.36. The number of nitro benzene ring substituents is 1. The van der Waals surface area contributed by atoms with Crippen molar-refractivity contribution in [3.8, 4) is 0 Å². The Morgan fingerprint density at radius 1 is 1.14 bits per heavy atom. The lowest BCUT2D eigenvalue weighted by molar-refractivity contribution is -0.383. The third-order valence-electron chi connectivity index (χ3n) is 3.77. The van der Waals surface area contributed by atoms with Gasteiger partial charge in [0.05, 0.1) is 4.92 Å². The van der Waals surface area contributed by atoms with Crippen molar-refractivity contribution < 1.29 is 14.6 Å². The Morgan fingerprint density at radius 2 is 1.93 bits per heavy atom. The molecule has 8 nitrogen and oxygen atoms in total. The van der Waals surface area contributed by atoms with E-state index in [2.05, 4.69) is 5.32 Å². The van der Waals surface area contributed by atoms with E-state index in [1.54, 1.807) is 30.3 Å². The zero-order valence-electron chi connectivity index (χ0n) is 14.4. The van der Waals surface area contributed by atoms with Gasteiger partial charge in [-0.1, -0.05) is 35.9 Å². The number of carbonyl (C=O) groups excluding carboxylic acids is 1. The van der Waals surface area contributed by atoms with Gasteiger partial charge in [-0.3, -0.25) is 19.7 Å². The Labute approximate surface area is 164 Å². The van der Waals surface area contributed by atoms with E-state index < -0.39 is 16.4 Å². The summed E-state index contributed by atoms with van der Waals surface area (Å²) >= 11 is 5.91. The zero-order valence-corrected chi connectivity index (χ0v) is 15.1. The number of benzene rings is 2. The molecule has 0 aliphatic rings. The molecular formula is C19H14ClN3O5. The van der Waals surface area contributed by atoms with Crippen LogP contribution in [0.1, 0.15) is 15.9 Å². The number of rotatable bonds is 6. The van der Waals surface area contributed by atoms with E-state index in [1.165, 1.54) is 36.5 Å². The van der Waals surface area contributed by atoms with Crippen molar-refractivity contribution in [1.29, 1.82) is 0 Å². The lowest BCUT2D eigenvalue weighted by Crippen LogP contribution is -2.32. The molecule has 28 heavy (non-hydrogen) atoms. The molecule has 1 N–H and O–H groups in total. The Balaban J connectivity index is 1.80. The first-order chi connectivity index (χ1) is 13.5. The number of nitro groups is 1. The highest BCUT2D eigenvalue weighted by Crippen LogP contribution is 2.23. The molecular weight excluding hydrogens is 386 g/mol. The number of aromatic nitrogens is 1. The van der Waals surface area contributed by atoms with Crippen molar-refractivity contribution in [2.75, 3.05) is 5.32 Å². The molecule has 0 atom stereocenters. The van der Waals surface area contributed by atoms with Crippen molar-refractivity contribution in [2.45, 2.75) is 6.61 Å². The van der Waals surface area contributed by atoms with Gasteiger partial charge >= 0.3 is 0 Å². The predicted octanol–water partition coefficient (Wildman–Crippen LogP) is 3.29. The molecule has 0 bridgehead atoms. The highest BCUT2D eigenvalue weighted by atomic mass is 35.5. The fourth-order valence-electron chi connectivity index (χ4n) is 2.45. The molecule has 2 aromatic carbocycles. The minimum absolute atomic E-state index is 0.00727. The highest BCUT2D eigenvalue weighted by Gasteiger charge is 2.18. The lowest BCUT2D eigenvalue weighted by atomic mass is 10.2. The maximum Gasteiger partial charge on any atom is 0.295 e. The van der Waals surface area contributed by atoms with Crippen molar-refractivity contribution in [2.24, 2.45) is 0 Å². The third-order valence-corrected chi connectivity index (χ3v) is 4.00. The van der Waals surface area contributed by atoms with Crippen LogP contribution in [0.3, 0.4) is 0 Å². The molecule has 1 aromatic heterocycles. The first-order valence-corrected chi connectivity index (χ1v) is 8.47. The van der Waals surface area contributed by atoms with Gasteiger partial charge in [-0.25, -0.2) is 0 Å². The molecule has 0 saturated carbocycles. The number of anilines is 1. The first kappa shape index (κ1) is 19.1. The molecule has 0 saturated heterocycles. The quantitative estimate of drug-likeness (QED) is 0.506. The van der Waals surface area contributed by atoms with Crippen LogP contribution in [0.2, 0.25) is 5.02 Å². The van der Waals surface area contributed by atoms with Crippen LogP contribution in [-0.4, -0.2) is 15.6 Å². The largest absolute Gasteiger partial charge is 0.406 e. The fraction of sp³-hybridized carbons (Fsp3) is 0.0526. The molecule has 1 heterocycles. The van der Waals surface area contributed by atoms with Gasteiger partial charge in [0, 0.05) is 17.3 Å². The van der Waals surface area contributed by atoms with Crippen LogP contribution in [-0.2, 0) is 6.61 Å². The second-order valence-corrected chi connectivity index (χ2v) is 6.12. The average Bonchev–Trinajstić information content (AvgIpc) is 2.67. The Kier molecular flexibility index (Phi) is 5.71. The second-order valence-electron chi connectivity index (χ2n) is 5.68. The smallest absolute Gasteiger partial charge is 0.295 e. The van der Waals surface area contributed by atoms with Gasteiger partial charge in [-0.15, -0.1) is 0 Å². The van der Waals surface area contributed by atoms with Crippen LogP contribution in [0.15, 0.2) is 71.7 Å². The normalized spacial score (nSPS) is 10.3. The monoisotopic (exact) mass is 399 g/mol. The molecule has 9 heteroatoms. The first-order valence-electron chi connectivity index (χ1n) is 8.10. The predicted molar refractivity (Wildman–Crippen MR) is 103 cm³/mol. The standard InChI is InChI=1S/C19H14ClN3O5/c20-14-6-3-5-13(11-14)12-28-22-10-4-7-15(19(22)25)18(24)21-16-8-1-2-9-17(16)23(26)27/h1-11H,12H2,(H,21,24). The van der Waals surface area contributed by atoms with Crippen LogP contribution in [0.4, 0.5) is 11.4 Å².